The highest BCUT2D eigenvalue weighted by Gasteiger charge is 2.34. The Kier molecular flexibility index (Phi) is 5.76. The number of hydrogen-bond acceptors (Lipinski definition) is 4. The van der Waals surface area contributed by atoms with Crippen molar-refractivity contribution in [2.45, 2.75) is 52.7 Å². The SMILES string of the molecule is Cc1cccc(C=O)c1N1CCC(C)C(N(C)C(=O)OC(C)(C)C)C1. The van der Waals surface area contributed by atoms with E-state index >= 15 is 0 Å². The van der Waals surface area contributed by atoms with E-state index in [1.807, 2.05) is 45.9 Å². The standard InChI is InChI=1S/C20H30N2O3/c1-14-10-11-22(18-15(2)8-7-9-16(18)13-23)12-17(14)21(6)19(24)25-20(3,4)5/h7-9,13-14,17H,10-12H2,1-6H3. The molecule has 138 valence electrons. The number of amides is 1. The van der Waals surface area contributed by atoms with Gasteiger partial charge in [0.05, 0.1) is 11.7 Å². The summed E-state index contributed by atoms with van der Waals surface area (Å²) in [6.45, 7) is 11.4. The summed E-state index contributed by atoms with van der Waals surface area (Å²) >= 11 is 0. The monoisotopic (exact) mass is 346 g/mol. The van der Waals surface area contributed by atoms with Crippen molar-refractivity contribution in [1.29, 1.82) is 0 Å². The van der Waals surface area contributed by atoms with Crippen LogP contribution >= 0.6 is 0 Å². The molecule has 1 fully saturated rings. The van der Waals surface area contributed by atoms with Crippen molar-refractivity contribution in [3.05, 3.63) is 29.3 Å². The molecule has 0 spiro atoms. The minimum Gasteiger partial charge on any atom is -0.444 e. The summed E-state index contributed by atoms with van der Waals surface area (Å²) in [5.41, 5.74) is 2.25. The number of para-hydroxylation sites is 1. The predicted molar refractivity (Wildman–Crippen MR) is 100 cm³/mol. The van der Waals surface area contributed by atoms with Crippen LogP contribution in [0.5, 0.6) is 0 Å². The van der Waals surface area contributed by atoms with Crippen LogP contribution in [0.15, 0.2) is 18.2 Å². The number of ether oxygens (including phenoxy) is 1. The van der Waals surface area contributed by atoms with Crippen LogP contribution in [0, 0.1) is 12.8 Å². The van der Waals surface area contributed by atoms with Crippen LogP contribution in [0.2, 0.25) is 0 Å². The summed E-state index contributed by atoms with van der Waals surface area (Å²) in [5.74, 6) is 0.373. The van der Waals surface area contributed by atoms with Gasteiger partial charge < -0.3 is 14.5 Å². The van der Waals surface area contributed by atoms with Crippen LogP contribution in [0.4, 0.5) is 10.5 Å². The van der Waals surface area contributed by atoms with Gasteiger partial charge >= 0.3 is 6.09 Å². The fourth-order valence-electron chi connectivity index (χ4n) is 3.43. The van der Waals surface area contributed by atoms with Crippen molar-refractivity contribution >= 4 is 18.1 Å². The lowest BCUT2D eigenvalue weighted by atomic mass is 9.91. The topological polar surface area (TPSA) is 49.9 Å². The van der Waals surface area contributed by atoms with E-state index in [-0.39, 0.29) is 12.1 Å². The van der Waals surface area contributed by atoms with Gasteiger partial charge in [0.2, 0.25) is 0 Å². The Morgan fingerprint density at radius 2 is 2.04 bits per heavy atom. The molecule has 1 aromatic carbocycles. The van der Waals surface area contributed by atoms with Gasteiger partial charge in [0.1, 0.15) is 5.60 Å². The Hall–Kier alpha value is -2.04. The van der Waals surface area contributed by atoms with Crippen LogP contribution < -0.4 is 4.90 Å². The summed E-state index contributed by atoms with van der Waals surface area (Å²) in [6, 6.07) is 5.81. The molecule has 0 aromatic heterocycles. The lowest BCUT2D eigenvalue weighted by Gasteiger charge is -2.43. The molecule has 0 saturated carbocycles. The van der Waals surface area contributed by atoms with E-state index in [0.717, 1.165) is 30.5 Å². The number of benzene rings is 1. The highest BCUT2D eigenvalue weighted by Crippen LogP contribution is 2.30. The maximum Gasteiger partial charge on any atom is 0.410 e. The van der Waals surface area contributed by atoms with Gasteiger partial charge in [-0.05, 0) is 51.7 Å². The van der Waals surface area contributed by atoms with Gasteiger partial charge in [-0.1, -0.05) is 19.1 Å². The Bertz CT molecular complexity index is 636. The molecular weight excluding hydrogens is 316 g/mol. The maximum atomic E-state index is 12.5. The summed E-state index contributed by atoms with van der Waals surface area (Å²) in [5, 5.41) is 0. The number of carbonyl (C=O) groups excluding carboxylic acids is 2. The number of rotatable bonds is 3. The molecule has 2 atom stereocenters. The average molecular weight is 346 g/mol. The third-order valence-electron chi connectivity index (χ3n) is 4.81. The van der Waals surface area contributed by atoms with Crippen molar-refractivity contribution in [1.82, 2.24) is 4.90 Å². The van der Waals surface area contributed by atoms with Gasteiger partial charge in [0.15, 0.2) is 6.29 Å². The van der Waals surface area contributed by atoms with Gasteiger partial charge in [-0.3, -0.25) is 4.79 Å². The van der Waals surface area contributed by atoms with E-state index in [0.29, 0.717) is 18.0 Å². The lowest BCUT2D eigenvalue weighted by molar-refractivity contribution is 0.0159. The number of hydrogen-bond donors (Lipinski definition) is 0. The molecule has 1 heterocycles. The van der Waals surface area contributed by atoms with Crippen LogP contribution in [0.3, 0.4) is 0 Å². The van der Waals surface area contributed by atoms with E-state index in [9.17, 15) is 9.59 Å². The molecule has 0 N–H and O–H groups in total. The lowest BCUT2D eigenvalue weighted by Crippen LogP contribution is -2.53. The second kappa shape index (κ2) is 7.46. The number of carbonyl (C=O) groups is 2. The number of aldehydes is 1. The normalized spacial score (nSPS) is 21.0. The third kappa shape index (κ3) is 4.53. The van der Waals surface area contributed by atoms with Crippen molar-refractivity contribution in [3.8, 4) is 0 Å². The first-order valence-corrected chi connectivity index (χ1v) is 8.89. The number of aryl methyl sites for hydroxylation is 1. The summed E-state index contributed by atoms with van der Waals surface area (Å²) < 4.78 is 5.52. The predicted octanol–water partition coefficient (Wildman–Crippen LogP) is 3.89. The molecule has 0 bridgehead atoms. The second-order valence-electron chi connectivity index (χ2n) is 8.00. The number of likely N-dealkylation sites (N-methyl/N-ethyl adjacent to an activating group) is 1. The average Bonchev–Trinajstić information content (AvgIpc) is 2.53. The molecule has 1 aliphatic rings. The molecule has 5 nitrogen and oxygen atoms in total. The molecule has 2 rings (SSSR count). The van der Waals surface area contributed by atoms with E-state index in [2.05, 4.69) is 11.8 Å². The van der Waals surface area contributed by atoms with Crippen LogP contribution in [-0.2, 0) is 4.74 Å². The fourth-order valence-corrected chi connectivity index (χ4v) is 3.43. The molecular formula is C20H30N2O3. The summed E-state index contributed by atoms with van der Waals surface area (Å²) in [4.78, 5) is 27.9. The molecule has 1 amide bonds. The highest BCUT2D eigenvalue weighted by molar-refractivity contribution is 5.86. The number of nitrogens with zero attached hydrogens (tertiary/aromatic N) is 2. The molecule has 25 heavy (non-hydrogen) atoms. The van der Waals surface area contributed by atoms with Crippen molar-refractivity contribution < 1.29 is 14.3 Å². The Morgan fingerprint density at radius 1 is 1.36 bits per heavy atom. The Labute approximate surface area is 150 Å². The zero-order valence-corrected chi connectivity index (χ0v) is 16.2. The first-order valence-electron chi connectivity index (χ1n) is 8.89. The Morgan fingerprint density at radius 3 is 2.64 bits per heavy atom. The van der Waals surface area contributed by atoms with Crippen molar-refractivity contribution in [2.24, 2.45) is 5.92 Å². The maximum absolute atomic E-state index is 12.5. The van der Waals surface area contributed by atoms with Crippen molar-refractivity contribution in [2.75, 3.05) is 25.0 Å². The van der Waals surface area contributed by atoms with E-state index in [1.165, 1.54) is 0 Å². The Balaban J connectivity index is 2.22. The number of anilines is 1. The van der Waals surface area contributed by atoms with Gasteiger partial charge in [-0.25, -0.2) is 4.79 Å². The second-order valence-corrected chi connectivity index (χ2v) is 8.00. The smallest absolute Gasteiger partial charge is 0.410 e. The quantitative estimate of drug-likeness (QED) is 0.779. The molecule has 0 aliphatic carbocycles. The third-order valence-corrected chi connectivity index (χ3v) is 4.81. The molecule has 1 aliphatic heterocycles. The van der Waals surface area contributed by atoms with E-state index in [4.69, 9.17) is 4.74 Å². The first-order chi connectivity index (χ1) is 11.6. The van der Waals surface area contributed by atoms with Gasteiger partial charge in [-0.2, -0.15) is 0 Å². The van der Waals surface area contributed by atoms with E-state index in [1.54, 1.807) is 11.9 Å². The summed E-state index contributed by atoms with van der Waals surface area (Å²) in [6.07, 6.45) is 1.57. The van der Waals surface area contributed by atoms with Crippen LogP contribution in [-0.4, -0.2) is 49.1 Å². The first kappa shape index (κ1) is 19.3. The molecule has 1 aromatic rings. The number of piperidine rings is 1. The van der Waals surface area contributed by atoms with Gasteiger partial charge in [-0.15, -0.1) is 0 Å². The molecule has 5 heteroatoms. The largest absolute Gasteiger partial charge is 0.444 e. The fraction of sp³-hybridized carbons (Fsp3) is 0.600. The molecule has 2 unspecified atom stereocenters. The summed E-state index contributed by atoms with van der Waals surface area (Å²) in [7, 11) is 1.80. The van der Waals surface area contributed by atoms with Crippen LogP contribution in [0.1, 0.15) is 50.0 Å². The zero-order valence-electron chi connectivity index (χ0n) is 16.2. The van der Waals surface area contributed by atoms with Crippen molar-refractivity contribution in [3.63, 3.8) is 0 Å². The molecule has 0 radical (unpaired) electrons. The van der Waals surface area contributed by atoms with Crippen LogP contribution in [0.25, 0.3) is 0 Å². The zero-order chi connectivity index (χ0) is 18.8. The minimum absolute atomic E-state index is 0.0442. The van der Waals surface area contributed by atoms with Gasteiger partial charge in [0, 0.05) is 25.7 Å². The van der Waals surface area contributed by atoms with Gasteiger partial charge in [0.25, 0.3) is 0 Å². The highest BCUT2D eigenvalue weighted by atomic mass is 16.6. The molecule has 1 saturated heterocycles. The van der Waals surface area contributed by atoms with E-state index < -0.39 is 5.60 Å². The minimum atomic E-state index is -0.510.